The molecule has 0 nitrogen and oxygen atoms in total. The second-order valence-corrected chi connectivity index (χ2v) is 7.16. The summed E-state index contributed by atoms with van der Waals surface area (Å²) in [4.78, 5) is 0. The number of alkyl halides is 1. The van der Waals surface area contributed by atoms with Crippen molar-refractivity contribution in [3.8, 4) is 0 Å². The SMILES string of the molecule is CCCc1ccc(C(Cl)c2ccc(C(C)(C)C)cc2)cc1. The first-order chi connectivity index (χ1) is 9.91. The van der Waals surface area contributed by atoms with Crippen LogP contribution in [0.1, 0.15) is 61.7 Å². The van der Waals surface area contributed by atoms with Crippen LogP contribution in [0, 0.1) is 0 Å². The molecule has 112 valence electrons. The van der Waals surface area contributed by atoms with E-state index in [2.05, 4.69) is 76.2 Å². The van der Waals surface area contributed by atoms with Gasteiger partial charge in [0, 0.05) is 0 Å². The molecule has 2 aromatic rings. The van der Waals surface area contributed by atoms with E-state index in [1.165, 1.54) is 23.1 Å². The molecule has 1 atom stereocenters. The number of rotatable bonds is 4. The summed E-state index contributed by atoms with van der Waals surface area (Å²) in [6, 6.07) is 17.4. The highest BCUT2D eigenvalue weighted by Crippen LogP contribution is 2.31. The lowest BCUT2D eigenvalue weighted by atomic mass is 9.86. The first kappa shape index (κ1) is 16.1. The molecule has 0 heterocycles. The van der Waals surface area contributed by atoms with E-state index in [1.807, 2.05) is 0 Å². The third-order valence-electron chi connectivity index (χ3n) is 3.88. The van der Waals surface area contributed by atoms with Gasteiger partial charge in [0.25, 0.3) is 0 Å². The van der Waals surface area contributed by atoms with Gasteiger partial charge in [-0.3, -0.25) is 0 Å². The highest BCUT2D eigenvalue weighted by atomic mass is 35.5. The topological polar surface area (TPSA) is 0 Å². The highest BCUT2D eigenvalue weighted by Gasteiger charge is 2.15. The maximum absolute atomic E-state index is 6.63. The number of hydrogen-bond acceptors (Lipinski definition) is 0. The van der Waals surface area contributed by atoms with Gasteiger partial charge in [-0.1, -0.05) is 82.6 Å². The minimum Gasteiger partial charge on any atom is -0.113 e. The van der Waals surface area contributed by atoms with Crippen molar-refractivity contribution in [1.29, 1.82) is 0 Å². The number of aryl methyl sites for hydroxylation is 1. The van der Waals surface area contributed by atoms with Crippen LogP contribution in [0.25, 0.3) is 0 Å². The molecular formula is C20H25Cl. The quantitative estimate of drug-likeness (QED) is 0.584. The fourth-order valence-electron chi connectivity index (χ4n) is 2.49. The highest BCUT2D eigenvalue weighted by molar-refractivity contribution is 6.22. The van der Waals surface area contributed by atoms with Gasteiger partial charge < -0.3 is 0 Å². The monoisotopic (exact) mass is 300 g/mol. The first-order valence-corrected chi connectivity index (χ1v) is 8.19. The average molecular weight is 301 g/mol. The Balaban J connectivity index is 2.17. The molecule has 2 rings (SSSR count). The Hall–Kier alpha value is -1.27. The van der Waals surface area contributed by atoms with Crippen LogP contribution in [-0.2, 0) is 11.8 Å². The Bertz CT molecular complexity index is 558. The van der Waals surface area contributed by atoms with Gasteiger partial charge in [0.15, 0.2) is 0 Å². The van der Waals surface area contributed by atoms with Crippen LogP contribution in [0.4, 0.5) is 0 Å². The third kappa shape index (κ3) is 4.11. The zero-order valence-electron chi connectivity index (χ0n) is 13.5. The van der Waals surface area contributed by atoms with E-state index in [1.54, 1.807) is 0 Å². The summed E-state index contributed by atoms with van der Waals surface area (Å²) >= 11 is 6.63. The van der Waals surface area contributed by atoms with E-state index in [0.29, 0.717) is 0 Å². The van der Waals surface area contributed by atoms with Gasteiger partial charge in [-0.2, -0.15) is 0 Å². The Morgan fingerprint density at radius 2 is 1.33 bits per heavy atom. The normalized spacial score (nSPS) is 13.2. The standard InChI is InChI=1S/C20H25Cl/c1-5-6-15-7-9-16(10-8-15)19(21)17-11-13-18(14-12-17)20(2,3)4/h7-14,19H,5-6H2,1-4H3. The molecule has 2 aromatic carbocycles. The fraction of sp³-hybridized carbons (Fsp3) is 0.400. The van der Waals surface area contributed by atoms with E-state index in [4.69, 9.17) is 11.6 Å². The molecule has 0 saturated carbocycles. The average Bonchev–Trinajstić information content (AvgIpc) is 2.47. The van der Waals surface area contributed by atoms with Crippen LogP contribution in [0.2, 0.25) is 0 Å². The van der Waals surface area contributed by atoms with E-state index in [-0.39, 0.29) is 10.8 Å². The van der Waals surface area contributed by atoms with Crippen molar-refractivity contribution >= 4 is 11.6 Å². The Morgan fingerprint density at radius 1 is 0.857 bits per heavy atom. The fourth-order valence-corrected chi connectivity index (χ4v) is 2.78. The van der Waals surface area contributed by atoms with E-state index in [0.717, 1.165) is 12.0 Å². The van der Waals surface area contributed by atoms with Crippen molar-refractivity contribution < 1.29 is 0 Å². The second-order valence-electron chi connectivity index (χ2n) is 6.73. The van der Waals surface area contributed by atoms with E-state index >= 15 is 0 Å². The maximum Gasteiger partial charge on any atom is 0.0835 e. The van der Waals surface area contributed by atoms with Crippen LogP contribution in [0.3, 0.4) is 0 Å². The molecule has 0 aliphatic carbocycles. The lowest BCUT2D eigenvalue weighted by Gasteiger charge is -2.20. The summed E-state index contributed by atoms with van der Waals surface area (Å²) in [6.07, 6.45) is 2.31. The third-order valence-corrected chi connectivity index (χ3v) is 4.38. The molecule has 0 spiro atoms. The van der Waals surface area contributed by atoms with Gasteiger partial charge in [0.1, 0.15) is 0 Å². The molecule has 1 heteroatoms. The molecule has 0 N–H and O–H groups in total. The predicted molar refractivity (Wildman–Crippen MR) is 93.3 cm³/mol. The van der Waals surface area contributed by atoms with Gasteiger partial charge >= 0.3 is 0 Å². The number of halogens is 1. The molecule has 0 aromatic heterocycles. The smallest absolute Gasteiger partial charge is 0.0835 e. The van der Waals surface area contributed by atoms with Crippen LogP contribution in [0.15, 0.2) is 48.5 Å². The molecule has 21 heavy (non-hydrogen) atoms. The van der Waals surface area contributed by atoms with Crippen molar-refractivity contribution in [1.82, 2.24) is 0 Å². The molecule has 0 bridgehead atoms. The molecule has 0 aliphatic heterocycles. The zero-order valence-corrected chi connectivity index (χ0v) is 14.2. The molecular weight excluding hydrogens is 276 g/mol. The Kier molecular flexibility index (Phi) is 5.11. The van der Waals surface area contributed by atoms with Gasteiger partial charge in [-0.05, 0) is 34.1 Å². The lowest BCUT2D eigenvalue weighted by Crippen LogP contribution is -2.10. The van der Waals surface area contributed by atoms with Crippen molar-refractivity contribution in [2.24, 2.45) is 0 Å². The lowest BCUT2D eigenvalue weighted by molar-refractivity contribution is 0.590. The molecule has 0 fully saturated rings. The van der Waals surface area contributed by atoms with Crippen LogP contribution >= 0.6 is 11.6 Å². The van der Waals surface area contributed by atoms with Gasteiger partial charge in [0.05, 0.1) is 5.38 Å². The molecule has 0 aliphatic rings. The van der Waals surface area contributed by atoms with Crippen molar-refractivity contribution in [3.05, 3.63) is 70.8 Å². The van der Waals surface area contributed by atoms with Crippen molar-refractivity contribution in [3.63, 3.8) is 0 Å². The van der Waals surface area contributed by atoms with Gasteiger partial charge in [0.2, 0.25) is 0 Å². The number of hydrogen-bond donors (Lipinski definition) is 0. The minimum atomic E-state index is -0.0744. The Morgan fingerprint density at radius 3 is 1.76 bits per heavy atom. The summed E-state index contributed by atoms with van der Waals surface area (Å²) in [5, 5.41) is -0.0744. The summed E-state index contributed by atoms with van der Waals surface area (Å²) in [7, 11) is 0. The zero-order chi connectivity index (χ0) is 15.5. The molecule has 0 amide bonds. The molecule has 1 unspecified atom stereocenters. The van der Waals surface area contributed by atoms with Crippen LogP contribution in [-0.4, -0.2) is 0 Å². The Labute approximate surface area is 134 Å². The van der Waals surface area contributed by atoms with Gasteiger partial charge in [-0.25, -0.2) is 0 Å². The summed E-state index contributed by atoms with van der Waals surface area (Å²) in [5.74, 6) is 0. The van der Waals surface area contributed by atoms with E-state index < -0.39 is 0 Å². The van der Waals surface area contributed by atoms with Crippen LogP contribution < -0.4 is 0 Å². The van der Waals surface area contributed by atoms with Crippen LogP contribution in [0.5, 0.6) is 0 Å². The second kappa shape index (κ2) is 6.66. The summed E-state index contributed by atoms with van der Waals surface area (Å²) in [5.41, 5.74) is 5.23. The number of benzene rings is 2. The van der Waals surface area contributed by atoms with Crippen molar-refractivity contribution in [2.75, 3.05) is 0 Å². The molecule has 0 saturated heterocycles. The minimum absolute atomic E-state index is 0.0744. The maximum atomic E-state index is 6.63. The summed E-state index contributed by atoms with van der Waals surface area (Å²) < 4.78 is 0. The first-order valence-electron chi connectivity index (χ1n) is 7.75. The van der Waals surface area contributed by atoms with Gasteiger partial charge in [-0.15, -0.1) is 11.6 Å². The van der Waals surface area contributed by atoms with E-state index in [9.17, 15) is 0 Å². The largest absolute Gasteiger partial charge is 0.113 e. The predicted octanol–water partition coefficient (Wildman–Crippen LogP) is 6.26. The summed E-state index contributed by atoms with van der Waals surface area (Å²) in [6.45, 7) is 8.89. The van der Waals surface area contributed by atoms with Crippen molar-refractivity contribution in [2.45, 2.75) is 51.3 Å². The molecule has 0 radical (unpaired) electrons.